The molecule has 0 bridgehead atoms. The molecule has 0 aliphatic rings. The first kappa shape index (κ1) is 12.5. The molecule has 4 nitrogen and oxygen atoms in total. The highest BCUT2D eigenvalue weighted by Crippen LogP contribution is 2.30. The summed E-state index contributed by atoms with van der Waals surface area (Å²) in [6.07, 6.45) is -4.37. The first-order valence-corrected chi connectivity index (χ1v) is 5.13. The van der Waals surface area contributed by atoms with Gasteiger partial charge in [0.25, 0.3) is 0 Å². The monoisotopic (exact) mass is 255 g/mol. The summed E-state index contributed by atoms with van der Waals surface area (Å²) in [4.78, 5) is 1.24. The van der Waals surface area contributed by atoms with Crippen LogP contribution in [0, 0.1) is 13.8 Å². The number of benzene rings is 1. The van der Waals surface area contributed by atoms with Crippen molar-refractivity contribution in [2.75, 3.05) is 0 Å². The number of hydrogen-bond donors (Lipinski definition) is 0. The molecule has 18 heavy (non-hydrogen) atoms. The predicted molar refractivity (Wildman–Crippen MR) is 57.6 cm³/mol. The Hall–Kier alpha value is -1.92. The molecule has 1 radical (unpaired) electrons. The van der Waals surface area contributed by atoms with Crippen LogP contribution >= 0.6 is 0 Å². The van der Waals surface area contributed by atoms with Gasteiger partial charge in [0.05, 0.1) is 12.1 Å². The first-order valence-electron chi connectivity index (χ1n) is 5.13. The van der Waals surface area contributed by atoms with Crippen molar-refractivity contribution < 1.29 is 13.2 Å². The third kappa shape index (κ3) is 2.66. The molecule has 7 heteroatoms. The highest BCUT2D eigenvalue weighted by Gasteiger charge is 2.30. The average Bonchev–Trinajstić information content (AvgIpc) is 2.66. The van der Waals surface area contributed by atoms with Gasteiger partial charge in [-0.25, -0.2) is 0 Å². The van der Waals surface area contributed by atoms with Crippen LogP contribution in [0.5, 0.6) is 0 Å². The number of aromatic nitrogens is 4. The molecule has 0 amide bonds. The minimum atomic E-state index is -4.37. The Labute approximate surface area is 101 Å². The van der Waals surface area contributed by atoms with Gasteiger partial charge >= 0.3 is 6.18 Å². The van der Waals surface area contributed by atoms with E-state index in [0.29, 0.717) is 17.0 Å². The zero-order chi connectivity index (χ0) is 13.3. The maximum Gasteiger partial charge on any atom is 0.416 e. The lowest BCUT2D eigenvalue weighted by molar-refractivity contribution is -0.137. The van der Waals surface area contributed by atoms with Crippen molar-refractivity contribution >= 4 is 0 Å². The van der Waals surface area contributed by atoms with Crippen molar-refractivity contribution in [3.8, 4) is 0 Å². The minimum Gasteiger partial charge on any atom is -0.166 e. The van der Waals surface area contributed by atoms with E-state index in [1.54, 1.807) is 6.92 Å². The summed E-state index contributed by atoms with van der Waals surface area (Å²) in [6, 6.07) is 3.40. The third-order valence-corrected chi connectivity index (χ3v) is 2.40. The zero-order valence-corrected chi connectivity index (χ0v) is 9.57. The summed E-state index contributed by atoms with van der Waals surface area (Å²) in [7, 11) is 0. The molecule has 1 aromatic heterocycles. The van der Waals surface area contributed by atoms with Gasteiger partial charge in [0.2, 0.25) is 0 Å². The SMILES string of the molecule is [CH2]c1ccc(C(F)(F)F)cc1Cn1nnc(C)n1. The van der Waals surface area contributed by atoms with Gasteiger partial charge in [0, 0.05) is 0 Å². The number of hydrogen-bond acceptors (Lipinski definition) is 3. The van der Waals surface area contributed by atoms with Crippen LogP contribution in [0.15, 0.2) is 18.2 Å². The fourth-order valence-electron chi connectivity index (χ4n) is 1.49. The number of aryl methyl sites for hydroxylation is 1. The lowest BCUT2D eigenvalue weighted by atomic mass is 10.0. The van der Waals surface area contributed by atoms with Crippen LogP contribution in [0.25, 0.3) is 0 Å². The van der Waals surface area contributed by atoms with Gasteiger partial charge in [-0.15, -0.1) is 10.2 Å². The number of nitrogens with zero attached hydrogens (tertiary/aromatic N) is 4. The molecule has 0 saturated carbocycles. The molecule has 2 rings (SSSR count). The number of halogens is 3. The normalized spacial score (nSPS) is 11.8. The highest BCUT2D eigenvalue weighted by atomic mass is 19.4. The minimum absolute atomic E-state index is 0.115. The quantitative estimate of drug-likeness (QED) is 0.826. The molecule has 0 unspecified atom stereocenters. The molecule has 0 spiro atoms. The lowest BCUT2D eigenvalue weighted by Gasteiger charge is -2.10. The first-order chi connectivity index (χ1) is 8.36. The van der Waals surface area contributed by atoms with Crippen molar-refractivity contribution in [1.82, 2.24) is 20.2 Å². The highest BCUT2D eigenvalue weighted by molar-refractivity contribution is 5.35. The number of rotatable bonds is 2. The van der Waals surface area contributed by atoms with Crippen LogP contribution in [0.4, 0.5) is 13.2 Å². The smallest absolute Gasteiger partial charge is 0.166 e. The molecule has 2 aromatic rings. The van der Waals surface area contributed by atoms with Crippen LogP contribution < -0.4 is 0 Å². The summed E-state index contributed by atoms with van der Waals surface area (Å²) in [5.41, 5.74) is 0.224. The summed E-state index contributed by atoms with van der Waals surface area (Å²) >= 11 is 0. The summed E-state index contributed by atoms with van der Waals surface area (Å²) < 4.78 is 37.7. The third-order valence-electron chi connectivity index (χ3n) is 2.40. The fraction of sp³-hybridized carbons (Fsp3) is 0.273. The Morgan fingerprint density at radius 3 is 2.61 bits per heavy atom. The van der Waals surface area contributed by atoms with Gasteiger partial charge in [-0.1, -0.05) is 6.07 Å². The molecule has 0 saturated heterocycles. The van der Waals surface area contributed by atoms with E-state index in [2.05, 4.69) is 22.3 Å². The number of alkyl halides is 3. The molecule has 95 valence electrons. The van der Waals surface area contributed by atoms with E-state index in [1.807, 2.05) is 0 Å². The second-order valence-electron chi connectivity index (χ2n) is 3.85. The summed E-state index contributed by atoms with van der Waals surface area (Å²) in [5.74, 6) is 0.465. The van der Waals surface area contributed by atoms with Crippen molar-refractivity contribution in [2.45, 2.75) is 19.6 Å². The van der Waals surface area contributed by atoms with Crippen LogP contribution in [0.1, 0.15) is 22.5 Å². The van der Waals surface area contributed by atoms with Gasteiger partial charge in [-0.3, -0.25) is 0 Å². The molecule has 1 aromatic carbocycles. The van der Waals surface area contributed by atoms with E-state index < -0.39 is 11.7 Å². The van der Waals surface area contributed by atoms with Gasteiger partial charge in [-0.2, -0.15) is 18.0 Å². The van der Waals surface area contributed by atoms with Crippen molar-refractivity contribution in [2.24, 2.45) is 0 Å². The van der Waals surface area contributed by atoms with E-state index in [1.165, 1.54) is 10.9 Å². The molecule has 0 aliphatic heterocycles. The molecular weight excluding hydrogens is 245 g/mol. The molecule has 0 fully saturated rings. The van der Waals surface area contributed by atoms with Crippen LogP contribution in [-0.2, 0) is 12.7 Å². The van der Waals surface area contributed by atoms with E-state index in [0.717, 1.165) is 12.1 Å². The largest absolute Gasteiger partial charge is 0.416 e. The van der Waals surface area contributed by atoms with Crippen molar-refractivity contribution in [3.63, 3.8) is 0 Å². The molecule has 1 heterocycles. The van der Waals surface area contributed by atoms with Gasteiger partial charge in [0.15, 0.2) is 5.82 Å². The van der Waals surface area contributed by atoms with Crippen LogP contribution in [0.2, 0.25) is 0 Å². The Morgan fingerprint density at radius 1 is 1.33 bits per heavy atom. The predicted octanol–water partition coefficient (Wildman–Crippen LogP) is 2.23. The Bertz CT molecular complexity index is 560. The van der Waals surface area contributed by atoms with Crippen molar-refractivity contribution in [1.29, 1.82) is 0 Å². The lowest BCUT2D eigenvalue weighted by Crippen LogP contribution is -2.09. The Morgan fingerprint density at radius 2 is 2.06 bits per heavy atom. The second-order valence-corrected chi connectivity index (χ2v) is 3.85. The zero-order valence-electron chi connectivity index (χ0n) is 9.57. The Kier molecular flexibility index (Phi) is 3.06. The topological polar surface area (TPSA) is 43.6 Å². The van der Waals surface area contributed by atoms with Crippen LogP contribution in [-0.4, -0.2) is 20.2 Å². The molecular formula is C11H10F3N4. The maximum absolute atomic E-state index is 12.6. The van der Waals surface area contributed by atoms with Crippen molar-refractivity contribution in [3.05, 3.63) is 47.6 Å². The number of tetrazole rings is 1. The Balaban J connectivity index is 2.32. The molecule has 0 aliphatic carbocycles. The van der Waals surface area contributed by atoms with E-state index in [9.17, 15) is 13.2 Å². The summed E-state index contributed by atoms with van der Waals surface area (Å²) in [5, 5.41) is 11.3. The fourth-order valence-corrected chi connectivity index (χ4v) is 1.49. The second kappa shape index (κ2) is 4.40. The average molecular weight is 255 g/mol. The van der Waals surface area contributed by atoms with E-state index in [4.69, 9.17) is 0 Å². The van der Waals surface area contributed by atoms with Crippen LogP contribution in [0.3, 0.4) is 0 Å². The maximum atomic E-state index is 12.6. The standard InChI is InChI=1S/C11H10F3N4/c1-7-3-4-10(11(12,13)14)5-9(7)6-18-16-8(2)15-17-18/h3-5H,1,6H2,2H3. The molecule has 0 N–H and O–H groups in total. The summed E-state index contributed by atoms with van der Waals surface area (Å²) in [6.45, 7) is 5.46. The van der Waals surface area contributed by atoms with E-state index in [-0.39, 0.29) is 6.54 Å². The van der Waals surface area contributed by atoms with E-state index >= 15 is 0 Å². The van der Waals surface area contributed by atoms with Gasteiger partial charge in [0.1, 0.15) is 0 Å². The van der Waals surface area contributed by atoms with Gasteiger partial charge in [-0.05, 0) is 42.3 Å². The molecule has 0 atom stereocenters. The van der Waals surface area contributed by atoms with Gasteiger partial charge < -0.3 is 0 Å².